The topological polar surface area (TPSA) is 71.3 Å². The average molecular weight is 394 g/mol. The van der Waals surface area contributed by atoms with Crippen LogP contribution in [0.15, 0.2) is 53.1 Å². The zero-order chi connectivity index (χ0) is 20.2. The van der Waals surface area contributed by atoms with Gasteiger partial charge >= 0.3 is 0 Å². The highest BCUT2D eigenvalue weighted by molar-refractivity contribution is 5.92. The maximum Gasteiger partial charge on any atom is 0.241 e. The molecule has 1 aliphatic heterocycles. The zero-order valence-corrected chi connectivity index (χ0v) is 16.3. The van der Waals surface area contributed by atoms with Crippen molar-refractivity contribution in [2.75, 3.05) is 18.4 Å². The fourth-order valence-corrected chi connectivity index (χ4v) is 3.56. The van der Waals surface area contributed by atoms with Gasteiger partial charge in [0.15, 0.2) is 0 Å². The third kappa shape index (κ3) is 4.68. The molecule has 4 rings (SSSR count). The van der Waals surface area contributed by atoms with Gasteiger partial charge in [0.05, 0.1) is 12.2 Å². The number of rotatable bonds is 5. The summed E-state index contributed by atoms with van der Waals surface area (Å²) in [7, 11) is 0. The minimum Gasteiger partial charge on any atom is -0.338 e. The summed E-state index contributed by atoms with van der Waals surface area (Å²) in [5, 5.41) is 6.78. The normalized spacial score (nSPS) is 15.4. The Morgan fingerprint density at radius 1 is 1.21 bits per heavy atom. The van der Waals surface area contributed by atoms with Gasteiger partial charge in [-0.05, 0) is 51.1 Å². The summed E-state index contributed by atoms with van der Waals surface area (Å²) >= 11 is 0. The molecule has 2 heterocycles. The number of amides is 1. The van der Waals surface area contributed by atoms with Crippen molar-refractivity contribution in [3.8, 4) is 11.4 Å². The maximum absolute atomic E-state index is 13.7. The van der Waals surface area contributed by atoms with Crippen molar-refractivity contribution in [1.29, 1.82) is 0 Å². The molecule has 1 N–H and O–H groups in total. The number of aromatic nitrogens is 2. The standard InChI is InChI=1S/C22H23FN4O2/c1-15-5-4-6-17(13-15)21-25-20(29-26-21)14-27-11-9-16(10-12-27)22(28)24-19-8-3-2-7-18(19)23/h2-8,13,16H,9-12,14H2,1H3,(H,24,28). The van der Waals surface area contributed by atoms with Crippen LogP contribution in [0.2, 0.25) is 0 Å². The maximum atomic E-state index is 13.7. The molecule has 0 aliphatic carbocycles. The van der Waals surface area contributed by atoms with E-state index in [-0.39, 0.29) is 17.5 Å². The summed E-state index contributed by atoms with van der Waals surface area (Å²) in [5.41, 5.74) is 2.31. The van der Waals surface area contributed by atoms with Crippen molar-refractivity contribution in [2.24, 2.45) is 5.92 Å². The van der Waals surface area contributed by atoms with Crippen LogP contribution in [0.1, 0.15) is 24.3 Å². The molecule has 29 heavy (non-hydrogen) atoms. The summed E-state index contributed by atoms with van der Waals surface area (Å²) in [4.78, 5) is 19.1. The van der Waals surface area contributed by atoms with Crippen LogP contribution in [-0.4, -0.2) is 34.0 Å². The number of nitrogens with zero attached hydrogens (tertiary/aromatic N) is 3. The van der Waals surface area contributed by atoms with E-state index in [0.29, 0.717) is 31.1 Å². The molecule has 1 aliphatic rings. The molecule has 3 aromatic rings. The molecule has 0 radical (unpaired) electrons. The molecule has 2 aromatic carbocycles. The fourth-order valence-electron chi connectivity index (χ4n) is 3.56. The third-order valence-corrected chi connectivity index (χ3v) is 5.19. The Hall–Kier alpha value is -3.06. The Morgan fingerprint density at radius 3 is 2.76 bits per heavy atom. The number of halogens is 1. The average Bonchev–Trinajstić information content (AvgIpc) is 3.19. The molecular formula is C22H23FN4O2. The molecule has 0 saturated carbocycles. The number of para-hydroxylation sites is 1. The Labute approximate surface area is 168 Å². The number of anilines is 1. The molecule has 6 nitrogen and oxygen atoms in total. The molecule has 1 aromatic heterocycles. The van der Waals surface area contributed by atoms with Crippen molar-refractivity contribution in [3.63, 3.8) is 0 Å². The number of benzene rings is 2. The molecule has 0 spiro atoms. The molecule has 1 saturated heterocycles. The van der Waals surface area contributed by atoms with Crippen LogP contribution in [0.3, 0.4) is 0 Å². The van der Waals surface area contributed by atoms with Crippen LogP contribution in [0.25, 0.3) is 11.4 Å². The minimum absolute atomic E-state index is 0.128. The number of nitrogens with one attached hydrogen (secondary N) is 1. The monoisotopic (exact) mass is 394 g/mol. The highest BCUT2D eigenvalue weighted by atomic mass is 19.1. The van der Waals surface area contributed by atoms with E-state index in [1.165, 1.54) is 6.07 Å². The molecule has 150 valence electrons. The first-order valence-corrected chi connectivity index (χ1v) is 9.76. The van der Waals surface area contributed by atoms with E-state index >= 15 is 0 Å². The molecule has 0 bridgehead atoms. The Morgan fingerprint density at radius 2 is 2.00 bits per heavy atom. The summed E-state index contributed by atoms with van der Waals surface area (Å²) in [6, 6.07) is 14.2. The fraction of sp³-hybridized carbons (Fsp3) is 0.318. The van der Waals surface area contributed by atoms with Crippen molar-refractivity contribution < 1.29 is 13.7 Å². The van der Waals surface area contributed by atoms with Gasteiger partial charge in [0, 0.05) is 11.5 Å². The Kier molecular flexibility index (Phi) is 5.67. The highest BCUT2D eigenvalue weighted by Gasteiger charge is 2.26. The van der Waals surface area contributed by atoms with Crippen LogP contribution in [0, 0.1) is 18.7 Å². The molecule has 0 unspecified atom stereocenters. The number of piperidine rings is 1. The Balaban J connectivity index is 1.30. The summed E-state index contributed by atoms with van der Waals surface area (Å²) in [6.07, 6.45) is 1.42. The van der Waals surface area contributed by atoms with Crippen molar-refractivity contribution >= 4 is 11.6 Å². The minimum atomic E-state index is -0.418. The van der Waals surface area contributed by atoms with Gasteiger partial charge in [0.1, 0.15) is 5.82 Å². The number of likely N-dealkylation sites (tertiary alicyclic amines) is 1. The van der Waals surface area contributed by atoms with Crippen molar-refractivity contribution in [2.45, 2.75) is 26.3 Å². The van der Waals surface area contributed by atoms with Gasteiger partial charge in [-0.25, -0.2) is 4.39 Å². The van der Waals surface area contributed by atoms with E-state index in [1.54, 1.807) is 18.2 Å². The summed E-state index contributed by atoms with van der Waals surface area (Å²) < 4.78 is 19.1. The first kappa shape index (κ1) is 19.3. The largest absolute Gasteiger partial charge is 0.338 e. The predicted octanol–water partition coefficient (Wildman–Crippen LogP) is 4.03. The zero-order valence-electron chi connectivity index (χ0n) is 16.3. The van der Waals surface area contributed by atoms with Gasteiger partial charge < -0.3 is 9.84 Å². The lowest BCUT2D eigenvalue weighted by atomic mass is 9.96. The molecular weight excluding hydrogens is 371 g/mol. The molecule has 1 amide bonds. The quantitative estimate of drug-likeness (QED) is 0.707. The van der Waals surface area contributed by atoms with E-state index in [1.807, 2.05) is 31.2 Å². The first-order valence-electron chi connectivity index (χ1n) is 9.76. The number of carbonyl (C=O) groups excluding carboxylic acids is 1. The van der Waals surface area contributed by atoms with Crippen LogP contribution in [0.5, 0.6) is 0 Å². The second-order valence-electron chi connectivity index (χ2n) is 7.40. The van der Waals surface area contributed by atoms with E-state index < -0.39 is 5.82 Å². The Bertz CT molecular complexity index is 996. The van der Waals surface area contributed by atoms with Gasteiger partial charge in [0.25, 0.3) is 0 Å². The number of hydrogen-bond acceptors (Lipinski definition) is 5. The lowest BCUT2D eigenvalue weighted by molar-refractivity contribution is -0.121. The lowest BCUT2D eigenvalue weighted by Gasteiger charge is -2.30. The molecule has 7 heteroatoms. The van der Waals surface area contributed by atoms with Crippen LogP contribution in [0.4, 0.5) is 10.1 Å². The third-order valence-electron chi connectivity index (χ3n) is 5.19. The van der Waals surface area contributed by atoms with Crippen molar-refractivity contribution in [1.82, 2.24) is 15.0 Å². The predicted molar refractivity (Wildman–Crippen MR) is 108 cm³/mol. The molecule has 0 atom stereocenters. The van der Waals surface area contributed by atoms with Gasteiger partial charge in [-0.2, -0.15) is 4.98 Å². The van der Waals surface area contributed by atoms with Crippen LogP contribution in [-0.2, 0) is 11.3 Å². The van der Waals surface area contributed by atoms with E-state index in [2.05, 4.69) is 20.4 Å². The van der Waals surface area contributed by atoms with Gasteiger partial charge in [-0.3, -0.25) is 9.69 Å². The molecule has 1 fully saturated rings. The van der Waals surface area contributed by atoms with Gasteiger partial charge in [0.2, 0.25) is 17.6 Å². The number of aryl methyl sites for hydroxylation is 1. The van der Waals surface area contributed by atoms with E-state index in [9.17, 15) is 9.18 Å². The van der Waals surface area contributed by atoms with Crippen LogP contribution < -0.4 is 5.32 Å². The van der Waals surface area contributed by atoms with E-state index in [0.717, 1.165) is 24.2 Å². The van der Waals surface area contributed by atoms with Crippen molar-refractivity contribution in [3.05, 3.63) is 65.8 Å². The van der Waals surface area contributed by atoms with Crippen LogP contribution >= 0.6 is 0 Å². The smallest absolute Gasteiger partial charge is 0.241 e. The lowest BCUT2D eigenvalue weighted by Crippen LogP contribution is -2.37. The summed E-state index contributed by atoms with van der Waals surface area (Å²) in [6.45, 7) is 4.08. The second-order valence-corrected chi connectivity index (χ2v) is 7.40. The summed E-state index contributed by atoms with van der Waals surface area (Å²) in [5.74, 6) is 0.475. The van der Waals surface area contributed by atoms with Gasteiger partial charge in [-0.1, -0.05) is 41.1 Å². The van der Waals surface area contributed by atoms with E-state index in [4.69, 9.17) is 4.52 Å². The number of carbonyl (C=O) groups is 1. The SMILES string of the molecule is Cc1cccc(-c2noc(CN3CCC(C(=O)Nc4ccccc4F)CC3)n2)c1. The second kappa shape index (κ2) is 8.53. The first-order chi connectivity index (χ1) is 14.1. The highest BCUT2D eigenvalue weighted by Crippen LogP contribution is 2.23. The number of hydrogen-bond donors (Lipinski definition) is 1. The van der Waals surface area contributed by atoms with Gasteiger partial charge in [-0.15, -0.1) is 0 Å².